The molecule has 0 spiro atoms. The summed E-state index contributed by atoms with van der Waals surface area (Å²) in [5, 5.41) is 9.05. The van der Waals surface area contributed by atoms with Gasteiger partial charge in [0.05, 0.1) is 21.7 Å². The number of carboxylic acid groups (broad SMARTS) is 1. The molecule has 15 heteroatoms. The topological polar surface area (TPSA) is 77.9 Å². The maximum absolute atomic E-state index is 14.3. The summed E-state index contributed by atoms with van der Waals surface area (Å²) in [4.78, 5) is 15.6. The van der Waals surface area contributed by atoms with Crippen molar-refractivity contribution in [3.8, 4) is 27.8 Å². The van der Waals surface area contributed by atoms with Gasteiger partial charge in [-0.3, -0.25) is 0 Å². The molecule has 0 saturated heterocycles. The van der Waals surface area contributed by atoms with Crippen LogP contribution in [0.3, 0.4) is 0 Å². The molecule has 0 aliphatic heterocycles. The third-order valence-electron chi connectivity index (χ3n) is 6.36. The summed E-state index contributed by atoms with van der Waals surface area (Å²) in [7, 11) is 0. The Morgan fingerprint density at radius 1 is 0.826 bits per heavy atom. The van der Waals surface area contributed by atoms with Crippen molar-refractivity contribution in [3.05, 3.63) is 106 Å². The Balaban J connectivity index is 1.64. The minimum Gasteiger partial charge on any atom is -0.488 e. The van der Waals surface area contributed by atoms with Gasteiger partial charge in [0, 0.05) is 11.1 Å². The van der Waals surface area contributed by atoms with Gasteiger partial charge in [-0.2, -0.15) is 35.1 Å². The van der Waals surface area contributed by atoms with Crippen LogP contribution in [0.5, 0.6) is 17.2 Å². The van der Waals surface area contributed by atoms with Crippen LogP contribution in [0.2, 0.25) is 0 Å². The van der Waals surface area contributed by atoms with E-state index in [4.69, 9.17) is 19.3 Å². The molecule has 3 aromatic carbocycles. The van der Waals surface area contributed by atoms with Crippen LogP contribution >= 0.6 is 11.3 Å². The van der Waals surface area contributed by atoms with E-state index in [1.54, 1.807) is 13.0 Å². The van der Waals surface area contributed by atoms with E-state index in [1.165, 1.54) is 24.3 Å². The molecule has 1 aromatic heterocycles. The zero-order valence-corrected chi connectivity index (χ0v) is 24.5. The lowest BCUT2D eigenvalue weighted by Crippen LogP contribution is -2.13. The van der Waals surface area contributed by atoms with E-state index in [0.29, 0.717) is 39.6 Å². The van der Waals surface area contributed by atoms with Gasteiger partial charge in [-0.25, -0.2) is 9.78 Å². The van der Waals surface area contributed by atoms with Crippen LogP contribution in [-0.4, -0.2) is 22.7 Å². The monoisotopic (exact) mass is 673 g/mol. The number of ether oxygens (including phenoxy) is 3. The van der Waals surface area contributed by atoms with Gasteiger partial charge in [-0.05, 0) is 67.1 Å². The van der Waals surface area contributed by atoms with Gasteiger partial charge in [0.15, 0.2) is 6.61 Å². The van der Waals surface area contributed by atoms with Crippen molar-refractivity contribution in [1.82, 2.24) is 4.98 Å². The summed E-state index contributed by atoms with van der Waals surface area (Å²) >= 11 is 1.02. The fourth-order valence-electron chi connectivity index (χ4n) is 4.00. The molecule has 0 radical (unpaired) electrons. The molecule has 0 fully saturated rings. The lowest BCUT2D eigenvalue weighted by Gasteiger charge is -2.17. The van der Waals surface area contributed by atoms with Crippen LogP contribution in [-0.2, 0) is 36.3 Å². The van der Waals surface area contributed by atoms with Crippen molar-refractivity contribution >= 4 is 17.3 Å². The predicted molar refractivity (Wildman–Crippen MR) is 151 cm³/mol. The lowest BCUT2D eigenvalue weighted by molar-refractivity contribution is -0.139. The number of thiazole rings is 1. The van der Waals surface area contributed by atoms with Gasteiger partial charge in [-0.1, -0.05) is 18.7 Å². The second kappa shape index (κ2) is 13.4. The van der Waals surface area contributed by atoms with Crippen molar-refractivity contribution in [2.45, 2.75) is 38.4 Å². The Bertz CT molecular complexity index is 1720. The van der Waals surface area contributed by atoms with Gasteiger partial charge in [-0.15, -0.1) is 11.3 Å². The Morgan fingerprint density at radius 2 is 1.46 bits per heavy atom. The third-order valence-corrected chi connectivity index (χ3v) is 7.48. The molecule has 0 unspecified atom stereocenters. The molecule has 1 N–H and O–H groups in total. The number of aliphatic carboxylic acids is 1. The highest BCUT2D eigenvalue weighted by molar-refractivity contribution is 7.15. The molecule has 0 aliphatic carbocycles. The average molecular weight is 674 g/mol. The molecular weight excluding hydrogens is 650 g/mol. The van der Waals surface area contributed by atoms with E-state index in [2.05, 4.69) is 11.6 Å². The van der Waals surface area contributed by atoms with Crippen LogP contribution < -0.4 is 14.2 Å². The maximum atomic E-state index is 14.3. The highest BCUT2D eigenvalue weighted by atomic mass is 32.1. The number of rotatable bonds is 12. The van der Waals surface area contributed by atoms with Crippen LogP contribution in [0, 0.1) is 6.92 Å². The molecule has 0 saturated carbocycles. The number of benzene rings is 3. The summed E-state index contributed by atoms with van der Waals surface area (Å²) < 4.78 is 125. The van der Waals surface area contributed by atoms with Crippen LogP contribution in [0.4, 0.5) is 35.1 Å². The molecule has 0 bridgehead atoms. The fourth-order valence-corrected chi connectivity index (χ4v) is 4.99. The lowest BCUT2D eigenvalue weighted by atomic mass is 10.0. The second-order valence-corrected chi connectivity index (χ2v) is 10.8. The van der Waals surface area contributed by atoms with Gasteiger partial charge in [0.2, 0.25) is 0 Å². The number of aryl methyl sites for hydroxylation is 1. The highest BCUT2D eigenvalue weighted by Crippen LogP contribution is 2.39. The number of nitrogens with zero attached hydrogens (tertiary/aromatic N) is 1. The van der Waals surface area contributed by atoms with E-state index in [-0.39, 0.29) is 23.4 Å². The molecule has 46 heavy (non-hydrogen) atoms. The zero-order valence-electron chi connectivity index (χ0n) is 23.6. The maximum Gasteiger partial charge on any atom is 0.416 e. The van der Waals surface area contributed by atoms with Gasteiger partial charge < -0.3 is 19.3 Å². The Kier molecular flexibility index (Phi) is 9.94. The van der Waals surface area contributed by atoms with E-state index in [1.807, 2.05) is 0 Å². The van der Waals surface area contributed by atoms with Crippen molar-refractivity contribution < 1.29 is 59.2 Å². The predicted octanol–water partition coefficient (Wildman–Crippen LogP) is 9.06. The molecule has 244 valence electrons. The first kappa shape index (κ1) is 34.2. The molecule has 6 nitrogen and oxygen atoms in total. The molecule has 4 rings (SSSR count). The van der Waals surface area contributed by atoms with Crippen molar-refractivity contribution in [2.24, 2.45) is 0 Å². The Hall–Kier alpha value is -4.66. The standard InChI is InChI=1S/C31H23F8NO5S/c1-3-29(32,33)20-11-21(31(37,38)39)13-23(12-20)43-14-24-26(15-44-22-8-9-25(17(2)10-22)45-16-27(41)42)46-28(40-24)18-4-6-19(7-5-18)30(34,35)36/h3-13H,1,14-16H2,2H3,(H,41,42). The number of hydrogen-bond donors (Lipinski definition) is 1. The summed E-state index contributed by atoms with van der Waals surface area (Å²) in [6.07, 6.45) is -9.34. The number of carbonyl (C=O) groups is 1. The minimum absolute atomic E-state index is 0.132. The first-order chi connectivity index (χ1) is 21.5. The van der Waals surface area contributed by atoms with Crippen LogP contribution in [0.1, 0.15) is 32.8 Å². The van der Waals surface area contributed by atoms with E-state index >= 15 is 0 Å². The van der Waals surface area contributed by atoms with Crippen LogP contribution in [0.15, 0.2) is 73.3 Å². The van der Waals surface area contributed by atoms with Crippen molar-refractivity contribution in [2.75, 3.05) is 6.61 Å². The highest BCUT2D eigenvalue weighted by Gasteiger charge is 2.36. The third kappa shape index (κ3) is 8.53. The molecule has 0 aliphatic rings. The summed E-state index contributed by atoms with van der Waals surface area (Å²) in [6.45, 7) is 3.39. The number of carboxylic acids is 1. The first-order valence-electron chi connectivity index (χ1n) is 13.1. The number of halogens is 8. The second-order valence-electron chi connectivity index (χ2n) is 9.72. The summed E-state index contributed by atoms with van der Waals surface area (Å²) in [5.74, 6) is -4.87. The summed E-state index contributed by atoms with van der Waals surface area (Å²) in [6, 6.07) is 10.3. The van der Waals surface area contributed by atoms with Crippen LogP contribution in [0.25, 0.3) is 10.6 Å². The quantitative estimate of drug-likeness (QED) is 0.120. The molecule has 0 amide bonds. The molecule has 4 aromatic rings. The SMILES string of the molecule is C=CC(F)(F)c1cc(OCc2nc(-c3ccc(C(F)(F)F)cc3)sc2COc2ccc(OCC(=O)O)c(C)c2)cc(C(F)(F)F)c1. The first-order valence-corrected chi connectivity index (χ1v) is 13.9. The number of alkyl halides is 8. The summed E-state index contributed by atoms with van der Waals surface area (Å²) in [5.41, 5.74) is -2.28. The van der Waals surface area contributed by atoms with Gasteiger partial charge >= 0.3 is 18.3 Å². The minimum atomic E-state index is -4.97. The molecule has 0 atom stereocenters. The van der Waals surface area contributed by atoms with Crippen molar-refractivity contribution in [3.63, 3.8) is 0 Å². The fraction of sp³-hybridized carbons (Fsp3) is 0.226. The van der Waals surface area contributed by atoms with Gasteiger partial charge in [0.25, 0.3) is 5.92 Å². The smallest absolute Gasteiger partial charge is 0.416 e. The number of hydrogen-bond acceptors (Lipinski definition) is 6. The molecular formula is C31H23F8NO5S. The van der Waals surface area contributed by atoms with E-state index in [0.717, 1.165) is 29.5 Å². The van der Waals surface area contributed by atoms with Gasteiger partial charge in [0.1, 0.15) is 35.5 Å². The Labute approximate surface area is 260 Å². The normalized spacial score (nSPS) is 12.1. The largest absolute Gasteiger partial charge is 0.488 e. The van der Waals surface area contributed by atoms with E-state index < -0.39 is 59.9 Å². The van der Waals surface area contributed by atoms with E-state index in [9.17, 15) is 39.9 Å². The number of allylic oxidation sites excluding steroid dienone is 1. The number of aromatic nitrogens is 1. The average Bonchev–Trinajstić information content (AvgIpc) is 3.40. The zero-order chi connectivity index (χ0) is 33.9. The molecule has 1 heterocycles. The Morgan fingerprint density at radius 3 is 2.04 bits per heavy atom. The van der Waals surface area contributed by atoms with Crippen molar-refractivity contribution in [1.29, 1.82) is 0 Å².